The van der Waals surface area contributed by atoms with Crippen LogP contribution in [0, 0.1) is 16.0 Å². The Morgan fingerprint density at radius 2 is 2.11 bits per heavy atom. The molecule has 94 valence electrons. The summed E-state index contributed by atoms with van der Waals surface area (Å²) in [5.41, 5.74) is 0.00367. The molecule has 2 rings (SSSR count). The Labute approximate surface area is 112 Å². The van der Waals surface area contributed by atoms with Crippen molar-refractivity contribution in [3.63, 3.8) is 0 Å². The summed E-state index contributed by atoms with van der Waals surface area (Å²) in [5.74, 6) is -0.186. The maximum atomic E-state index is 11.9. The predicted octanol–water partition coefficient (Wildman–Crippen LogP) is 4.30. The van der Waals surface area contributed by atoms with Crippen molar-refractivity contribution in [1.29, 1.82) is 0 Å². The Kier molecular flexibility index (Phi) is 3.36. The molecule has 0 unspecified atom stereocenters. The molecule has 0 N–H and O–H groups in total. The van der Waals surface area contributed by atoms with E-state index >= 15 is 0 Å². The maximum Gasteiger partial charge on any atom is 0.270 e. The molecule has 0 aliphatic carbocycles. The number of thiophene rings is 1. The number of hydrogen-bond acceptors (Lipinski definition) is 4. The molecule has 1 heterocycles. The second-order valence-electron chi connectivity index (χ2n) is 4.20. The molecular formula is C12H10ClNO3S. The Hall–Kier alpha value is -1.46. The monoisotopic (exact) mass is 283 g/mol. The number of nitro benzene ring substituents is 1. The molecule has 6 heteroatoms. The lowest BCUT2D eigenvalue weighted by molar-refractivity contribution is -0.384. The quantitative estimate of drug-likeness (QED) is 0.479. The van der Waals surface area contributed by atoms with Crippen LogP contribution in [-0.2, 0) is 0 Å². The van der Waals surface area contributed by atoms with Gasteiger partial charge in [0.05, 0.1) is 14.8 Å². The van der Waals surface area contributed by atoms with Gasteiger partial charge in [-0.2, -0.15) is 0 Å². The van der Waals surface area contributed by atoms with Gasteiger partial charge in [-0.1, -0.05) is 25.4 Å². The van der Waals surface area contributed by atoms with Gasteiger partial charge in [0, 0.05) is 28.1 Å². The summed E-state index contributed by atoms with van der Waals surface area (Å²) >= 11 is 7.35. The van der Waals surface area contributed by atoms with Crippen molar-refractivity contribution in [3.05, 3.63) is 38.2 Å². The topological polar surface area (TPSA) is 60.2 Å². The summed E-state index contributed by atoms with van der Waals surface area (Å²) < 4.78 is 0.665. The van der Waals surface area contributed by atoms with Crippen molar-refractivity contribution >= 4 is 44.5 Å². The van der Waals surface area contributed by atoms with E-state index in [0.29, 0.717) is 20.0 Å². The van der Waals surface area contributed by atoms with Gasteiger partial charge in [0.25, 0.3) is 5.69 Å². The van der Waals surface area contributed by atoms with E-state index < -0.39 is 4.92 Å². The normalized spacial score (nSPS) is 11.1. The van der Waals surface area contributed by atoms with Gasteiger partial charge >= 0.3 is 0 Å². The molecule has 1 aromatic carbocycles. The van der Waals surface area contributed by atoms with Crippen LogP contribution in [0.1, 0.15) is 23.5 Å². The number of carbonyl (C=O) groups excluding carboxylic acids is 1. The molecule has 0 fully saturated rings. The van der Waals surface area contributed by atoms with Crippen LogP contribution in [0.4, 0.5) is 5.69 Å². The number of nitrogens with zero attached hydrogens (tertiary/aromatic N) is 1. The van der Waals surface area contributed by atoms with Crippen molar-refractivity contribution < 1.29 is 9.72 Å². The van der Waals surface area contributed by atoms with Gasteiger partial charge in [-0.05, 0) is 6.07 Å². The standard InChI is InChI=1S/C12H10ClNO3S/c1-6(2)11(15)12-10(13)8-4-3-7(14(16)17)5-9(8)18-12/h3-6H,1-2H3. The number of benzene rings is 1. The van der Waals surface area contributed by atoms with Gasteiger partial charge in [-0.15, -0.1) is 11.3 Å². The highest BCUT2D eigenvalue weighted by Crippen LogP contribution is 2.38. The molecule has 0 amide bonds. The van der Waals surface area contributed by atoms with Crippen LogP contribution in [0.5, 0.6) is 0 Å². The second kappa shape index (κ2) is 4.66. The van der Waals surface area contributed by atoms with E-state index in [1.807, 2.05) is 0 Å². The first-order valence-corrected chi connectivity index (χ1v) is 6.52. The summed E-state index contributed by atoms with van der Waals surface area (Å²) in [7, 11) is 0. The van der Waals surface area contributed by atoms with Gasteiger partial charge in [-0.25, -0.2) is 0 Å². The van der Waals surface area contributed by atoms with Crippen LogP contribution < -0.4 is 0 Å². The zero-order valence-corrected chi connectivity index (χ0v) is 11.3. The molecule has 0 atom stereocenters. The Morgan fingerprint density at radius 1 is 1.44 bits per heavy atom. The minimum atomic E-state index is -0.461. The van der Waals surface area contributed by atoms with Gasteiger partial charge < -0.3 is 0 Å². The van der Waals surface area contributed by atoms with Crippen LogP contribution in [0.3, 0.4) is 0 Å². The smallest absolute Gasteiger partial charge is 0.270 e. The van der Waals surface area contributed by atoms with E-state index in [4.69, 9.17) is 11.6 Å². The van der Waals surface area contributed by atoms with Gasteiger partial charge in [0.2, 0.25) is 0 Å². The van der Waals surface area contributed by atoms with Crippen molar-refractivity contribution in [3.8, 4) is 0 Å². The van der Waals surface area contributed by atoms with E-state index in [9.17, 15) is 14.9 Å². The SMILES string of the molecule is CC(C)C(=O)c1sc2cc([N+](=O)[O-])ccc2c1Cl. The molecule has 2 aromatic rings. The second-order valence-corrected chi connectivity index (χ2v) is 5.63. The van der Waals surface area contributed by atoms with Crippen molar-refractivity contribution in [2.75, 3.05) is 0 Å². The molecule has 0 radical (unpaired) electrons. The van der Waals surface area contributed by atoms with Gasteiger partial charge in [0.1, 0.15) is 0 Å². The maximum absolute atomic E-state index is 11.9. The highest BCUT2D eigenvalue weighted by Gasteiger charge is 2.20. The summed E-state index contributed by atoms with van der Waals surface area (Å²) in [5, 5.41) is 11.8. The zero-order valence-electron chi connectivity index (χ0n) is 9.77. The van der Waals surface area contributed by atoms with E-state index in [-0.39, 0.29) is 17.4 Å². The number of non-ortho nitro benzene ring substituents is 1. The van der Waals surface area contributed by atoms with Crippen LogP contribution in [0.25, 0.3) is 10.1 Å². The Balaban J connectivity index is 2.62. The van der Waals surface area contributed by atoms with Crippen molar-refractivity contribution in [2.24, 2.45) is 5.92 Å². The third-order valence-electron chi connectivity index (χ3n) is 2.57. The minimum absolute atomic E-state index is 0.00367. The molecule has 0 saturated carbocycles. The third kappa shape index (κ3) is 2.11. The highest BCUT2D eigenvalue weighted by atomic mass is 35.5. The largest absolute Gasteiger partial charge is 0.293 e. The van der Waals surface area contributed by atoms with Crippen molar-refractivity contribution in [2.45, 2.75) is 13.8 Å². The van der Waals surface area contributed by atoms with Crippen LogP contribution in [0.15, 0.2) is 18.2 Å². The van der Waals surface area contributed by atoms with E-state index in [1.54, 1.807) is 19.9 Å². The molecule has 18 heavy (non-hydrogen) atoms. The molecule has 0 spiro atoms. The first-order valence-electron chi connectivity index (χ1n) is 5.32. The number of fused-ring (bicyclic) bond motifs is 1. The number of hydrogen-bond donors (Lipinski definition) is 0. The Morgan fingerprint density at radius 3 is 2.67 bits per heavy atom. The Bertz CT molecular complexity index is 648. The molecule has 0 aliphatic rings. The van der Waals surface area contributed by atoms with Crippen LogP contribution in [0.2, 0.25) is 5.02 Å². The lowest BCUT2D eigenvalue weighted by atomic mass is 10.1. The fourth-order valence-corrected chi connectivity index (χ4v) is 3.23. The number of ketones is 1. The summed E-state index contributed by atoms with van der Waals surface area (Å²) in [4.78, 5) is 22.6. The van der Waals surface area contributed by atoms with Crippen molar-refractivity contribution in [1.82, 2.24) is 0 Å². The summed E-state index contributed by atoms with van der Waals surface area (Å²) in [6.45, 7) is 3.59. The lowest BCUT2D eigenvalue weighted by Crippen LogP contribution is -2.05. The molecular weight excluding hydrogens is 274 g/mol. The van der Waals surface area contributed by atoms with Crippen LogP contribution in [-0.4, -0.2) is 10.7 Å². The predicted molar refractivity (Wildman–Crippen MR) is 72.7 cm³/mol. The zero-order chi connectivity index (χ0) is 13.4. The highest BCUT2D eigenvalue weighted by molar-refractivity contribution is 7.21. The molecule has 0 bridgehead atoms. The van der Waals surface area contributed by atoms with Crippen LogP contribution >= 0.6 is 22.9 Å². The average molecular weight is 284 g/mol. The first kappa shape index (κ1) is 13.0. The number of nitro groups is 1. The fraction of sp³-hybridized carbons (Fsp3) is 0.250. The van der Waals surface area contributed by atoms with E-state index in [2.05, 4.69) is 0 Å². The third-order valence-corrected chi connectivity index (χ3v) is 4.24. The number of Topliss-reactive ketones (excluding diaryl/α,β-unsaturated/α-hetero) is 1. The number of rotatable bonds is 3. The average Bonchev–Trinajstić information content (AvgIpc) is 2.65. The number of halogens is 1. The molecule has 0 saturated heterocycles. The van der Waals surface area contributed by atoms with E-state index in [0.717, 1.165) is 0 Å². The minimum Gasteiger partial charge on any atom is -0.293 e. The first-order chi connectivity index (χ1) is 8.41. The lowest BCUT2D eigenvalue weighted by Gasteiger charge is -2.00. The number of carbonyl (C=O) groups is 1. The van der Waals surface area contributed by atoms with E-state index in [1.165, 1.54) is 23.5 Å². The molecule has 1 aromatic heterocycles. The van der Waals surface area contributed by atoms with Gasteiger partial charge in [0.15, 0.2) is 5.78 Å². The summed E-state index contributed by atoms with van der Waals surface area (Å²) in [6, 6.07) is 4.43. The summed E-state index contributed by atoms with van der Waals surface area (Å²) in [6.07, 6.45) is 0. The van der Waals surface area contributed by atoms with Gasteiger partial charge in [-0.3, -0.25) is 14.9 Å². The fourth-order valence-electron chi connectivity index (χ4n) is 1.59. The molecule has 4 nitrogen and oxygen atoms in total. The molecule has 0 aliphatic heterocycles.